The van der Waals surface area contributed by atoms with Crippen molar-refractivity contribution in [3.05, 3.63) is 0 Å². The first kappa shape index (κ1) is 13.4. The summed E-state index contributed by atoms with van der Waals surface area (Å²) in [5, 5.41) is 3.56. The highest BCUT2D eigenvalue weighted by Crippen LogP contribution is 2.32. The van der Waals surface area contributed by atoms with E-state index in [1.54, 1.807) is 0 Å². The van der Waals surface area contributed by atoms with Gasteiger partial charge in [0.2, 0.25) is 0 Å². The van der Waals surface area contributed by atoms with Gasteiger partial charge in [0.1, 0.15) is 0 Å². The third kappa shape index (κ3) is 3.23. The fourth-order valence-corrected chi connectivity index (χ4v) is 3.60. The second-order valence-corrected chi connectivity index (χ2v) is 6.27. The minimum Gasteiger partial charge on any atom is -0.315 e. The predicted molar refractivity (Wildman–Crippen MR) is 74.2 cm³/mol. The Bertz CT molecular complexity index is 225. The Morgan fingerprint density at radius 1 is 1.18 bits per heavy atom. The fraction of sp³-hybridized carbons (Fsp3) is 1.00. The molecule has 0 spiro atoms. The van der Waals surface area contributed by atoms with E-state index < -0.39 is 0 Å². The third-order valence-electron chi connectivity index (χ3n) is 5.04. The molecule has 2 saturated carbocycles. The number of hydrogen-bond acceptors (Lipinski definition) is 2. The molecule has 0 aromatic carbocycles. The van der Waals surface area contributed by atoms with Gasteiger partial charge in [0.25, 0.3) is 0 Å². The van der Waals surface area contributed by atoms with Crippen molar-refractivity contribution in [3.8, 4) is 0 Å². The molecule has 2 aliphatic rings. The first-order chi connectivity index (χ1) is 8.24. The molecule has 0 aromatic rings. The van der Waals surface area contributed by atoms with Crippen LogP contribution in [0.1, 0.15) is 52.4 Å². The smallest absolute Gasteiger partial charge is 0.0251 e. The molecule has 17 heavy (non-hydrogen) atoms. The molecular formula is C15H30N2. The van der Waals surface area contributed by atoms with Crippen molar-refractivity contribution in [2.75, 3.05) is 20.1 Å². The molecule has 0 saturated heterocycles. The molecule has 2 nitrogen and oxygen atoms in total. The van der Waals surface area contributed by atoms with Gasteiger partial charge in [-0.1, -0.05) is 20.3 Å². The van der Waals surface area contributed by atoms with E-state index in [4.69, 9.17) is 0 Å². The minimum absolute atomic E-state index is 0.728. The van der Waals surface area contributed by atoms with Crippen molar-refractivity contribution in [1.82, 2.24) is 10.2 Å². The lowest BCUT2D eigenvalue weighted by atomic mass is 9.80. The van der Waals surface area contributed by atoms with Gasteiger partial charge in [-0.15, -0.1) is 0 Å². The summed E-state index contributed by atoms with van der Waals surface area (Å²) in [6.45, 7) is 7.35. The van der Waals surface area contributed by atoms with E-state index in [0.29, 0.717) is 0 Å². The number of nitrogens with zero attached hydrogens (tertiary/aromatic N) is 1. The topological polar surface area (TPSA) is 15.3 Å². The molecule has 2 rings (SSSR count). The molecule has 100 valence electrons. The molecule has 0 aromatic heterocycles. The standard InChI is InChI=1S/C15H30N2/c1-4-17(11-13-6-5-7-13)15-10-12(2)8-9-14(15)16-3/h12-16H,4-11H2,1-3H3. The Hall–Kier alpha value is -0.0800. The monoisotopic (exact) mass is 238 g/mol. The summed E-state index contributed by atoms with van der Waals surface area (Å²) in [6.07, 6.45) is 8.59. The van der Waals surface area contributed by atoms with E-state index in [1.165, 1.54) is 51.6 Å². The van der Waals surface area contributed by atoms with Gasteiger partial charge in [0.05, 0.1) is 0 Å². The highest BCUT2D eigenvalue weighted by molar-refractivity contribution is 4.90. The summed E-state index contributed by atoms with van der Waals surface area (Å²) in [5.74, 6) is 1.92. The van der Waals surface area contributed by atoms with Gasteiger partial charge in [-0.2, -0.15) is 0 Å². The average Bonchev–Trinajstić information content (AvgIpc) is 2.28. The minimum atomic E-state index is 0.728. The Morgan fingerprint density at radius 2 is 1.94 bits per heavy atom. The van der Waals surface area contributed by atoms with Crippen LogP contribution in [-0.4, -0.2) is 37.1 Å². The second-order valence-electron chi connectivity index (χ2n) is 6.27. The van der Waals surface area contributed by atoms with Crippen LogP contribution in [0.5, 0.6) is 0 Å². The van der Waals surface area contributed by atoms with Gasteiger partial charge >= 0.3 is 0 Å². The molecule has 2 fully saturated rings. The maximum absolute atomic E-state index is 3.56. The van der Waals surface area contributed by atoms with E-state index in [-0.39, 0.29) is 0 Å². The zero-order chi connectivity index (χ0) is 12.3. The van der Waals surface area contributed by atoms with Crippen LogP contribution in [0.2, 0.25) is 0 Å². The molecule has 0 radical (unpaired) electrons. The quantitative estimate of drug-likeness (QED) is 0.792. The third-order valence-corrected chi connectivity index (χ3v) is 5.04. The molecule has 1 N–H and O–H groups in total. The summed E-state index contributed by atoms with van der Waals surface area (Å²) >= 11 is 0. The zero-order valence-corrected chi connectivity index (χ0v) is 11.9. The molecule has 2 aliphatic carbocycles. The van der Waals surface area contributed by atoms with Crippen LogP contribution < -0.4 is 5.32 Å². The lowest BCUT2D eigenvalue weighted by Crippen LogP contribution is -2.53. The van der Waals surface area contributed by atoms with Gasteiger partial charge in [-0.05, 0) is 57.5 Å². The summed E-state index contributed by atoms with van der Waals surface area (Å²) in [7, 11) is 2.14. The van der Waals surface area contributed by atoms with Crippen molar-refractivity contribution in [3.63, 3.8) is 0 Å². The molecule has 0 aliphatic heterocycles. The van der Waals surface area contributed by atoms with Crippen LogP contribution in [0, 0.1) is 11.8 Å². The van der Waals surface area contributed by atoms with Gasteiger partial charge < -0.3 is 5.32 Å². The van der Waals surface area contributed by atoms with Gasteiger partial charge in [0, 0.05) is 18.6 Å². The Kier molecular flexibility index (Phi) is 4.87. The number of likely N-dealkylation sites (N-methyl/N-ethyl adjacent to an activating group) is 2. The maximum Gasteiger partial charge on any atom is 0.0251 e. The molecule has 0 amide bonds. The Labute approximate surface area is 107 Å². The first-order valence-electron chi connectivity index (χ1n) is 7.65. The largest absolute Gasteiger partial charge is 0.315 e. The molecule has 0 heterocycles. The SMILES string of the molecule is CCN(CC1CCC1)C1CC(C)CCC1NC. The van der Waals surface area contributed by atoms with Gasteiger partial charge in [0.15, 0.2) is 0 Å². The van der Waals surface area contributed by atoms with Crippen LogP contribution in [0.25, 0.3) is 0 Å². The Balaban J connectivity index is 1.93. The van der Waals surface area contributed by atoms with Crippen LogP contribution in [0.4, 0.5) is 0 Å². The van der Waals surface area contributed by atoms with E-state index in [2.05, 4.69) is 31.1 Å². The number of hydrogen-bond donors (Lipinski definition) is 1. The Morgan fingerprint density at radius 3 is 2.47 bits per heavy atom. The first-order valence-corrected chi connectivity index (χ1v) is 7.65. The lowest BCUT2D eigenvalue weighted by Gasteiger charge is -2.44. The number of nitrogens with one attached hydrogen (secondary N) is 1. The van der Waals surface area contributed by atoms with E-state index >= 15 is 0 Å². The second kappa shape index (κ2) is 6.19. The fourth-order valence-electron chi connectivity index (χ4n) is 3.60. The van der Waals surface area contributed by atoms with Crippen LogP contribution >= 0.6 is 0 Å². The van der Waals surface area contributed by atoms with E-state index in [1.807, 2.05) is 0 Å². The van der Waals surface area contributed by atoms with Crippen molar-refractivity contribution in [1.29, 1.82) is 0 Å². The van der Waals surface area contributed by atoms with Crippen molar-refractivity contribution >= 4 is 0 Å². The maximum atomic E-state index is 3.56. The van der Waals surface area contributed by atoms with Crippen LogP contribution in [-0.2, 0) is 0 Å². The average molecular weight is 238 g/mol. The number of rotatable bonds is 5. The van der Waals surface area contributed by atoms with Crippen LogP contribution in [0.3, 0.4) is 0 Å². The van der Waals surface area contributed by atoms with Crippen molar-refractivity contribution in [2.45, 2.75) is 64.5 Å². The van der Waals surface area contributed by atoms with Gasteiger partial charge in [-0.3, -0.25) is 4.90 Å². The normalized spacial score (nSPS) is 34.9. The highest BCUT2D eigenvalue weighted by Gasteiger charge is 2.33. The molecule has 2 heteroatoms. The summed E-state index contributed by atoms with van der Waals surface area (Å²) in [6, 6.07) is 1.51. The van der Waals surface area contributed by atoms with E-state index in [9.17, 15) is 0 Å². The summed E-state index contributed by atoms with van der Waals surface area (Å²) < 4.78 is 0. The molecular weight excluding hydrogens is 208 g/mol. The highest BCUT2D eigenvalue weighted by atomic mass is 15.2. The molecule has 3 atom stereocenters. The van der Waals surface area contributed by atoms with Crippen LogP contribution in [0.15, 0.2) is 0 Å². The van der Waals surface area contributed by atoms with Gasteiger partial charge in [-0.25, -0.2) is 0 Å². The molecule has 3 unspecified atom stereocenters. The zero-order valence-electron chi connectivity index (χ0n) is 11.9. The lowest BCUT2D eigenvalue weighted by molar-refractivity contribution is 0.0774. The van der Waals surface area contributed by atoms with Crippen molar-refractivity contribution < 1.29 is 0 Å². The summed E-state index contributed by atoms with van der Waals surface area (Å²) in [4.78, 5) is 2.76. The van der Waals surface area contributed by atoms with E-state index in [0.717, 1.165) is 23.9 Å². The summed E-state index contributed by atoms with van der Waals surface area (Å²) in [5.41, 5.74) is 0. The molecule has 0 bridgehead atoms. The van der Waals surface area contributed by atoms with Crippen molar-refractivity contribution in [2.24, 2.45) is 11.8 Å². The predicted octanol–water partition coefficient (Wildman–Crippen LogP) is 2.89.